The molecule has 0 bridgehead atoms. The van der Waals surface area contributed by atoms with Gasteiger partial charge in [0.25, 0.3) is 0 Å². The number of hydrogen-bond acceptors (Lipinski definition) is 3. The molecule has 0 aromatic heterocycles. The average Bonchev–Trinajstić information content (AvgIpc) is 2.98. The van der Waals surface area contributed by atoms with Crippen molar-refractivity contribution >= 4 is 0 Å². The standard InChI is InChI=1S/C18H37N3/c1-15(2)16-7-8-18(19-3)17(13-16)14-20(4)11-12-21-9-5-6-10-21/h15-19H,5-14H2,1-4H3. The van der Waals surface area contributed by atoms with E-state index in [1.54, 1.807) is 0 Å². The zero-order valence-corrected chi connectivity index (χ0v) is 14.8. The summed E-state index contributed by atoms with van der Waals surface area (Å²) in [7, 11) is 4.47. The third-order valence-corrected chi connectivity index (χ3v) is 5.88. The molecule has 3 heteroatoms. The van der Waals surface area contributed by atoms with Crippen LogP contribution in [0, 0.1) is 17.8 Å². The zero-order chi connectivity index (χ0) is 15.2. The number of rotatable bonds is 7. The quantitative estimate of drug-likeness (QED) is 0.779. The minimum atomic E-state index is 0.731. The third kappa shape index (κ3) is 5.22. The maximum atomic E-state index is 3.58. The SMILES string of the molecule is CNC1CCC(C(C)C)CC1CN(C)CCN1CCCC1. The van der Waals surface area contributed by atoms with Crippen molar-refractivity contribution in [1.82, 2.24) is 15.1 Å². The van der Waals surface area contributed by atoms with E-state index in [9.17, 15) is 0 Å². The summed E-state index contributed by atoms with van der Waals surface area (Å²) in [6, 6.07) is 0.731. The van der Waals surface area contributed by atoms with Gasteiger partial charge in [-0.1, -0.05) is 13.8 Å². The van der Waals surface area contributed by atoms with Crippen molar-refractivity contribution in [2.45, 2.75) is 52.0 Å². The highest BCUT2D eigenvalue weighted by atomic mass is 15.2. The molecule has 1 aliphatic heterocycles. The Bertz CT molecular complexity index is 286. The van der Waals surface area contributed by atoms with Crippen molar-refractivity contribution in [3.8, 4) is 0 Å². The molecule has 0 aromatic carbocycles. The van der Waals surface area contributed by atoms with Crippen LogP contribution in [0.15, 0.2) is 0 Å². The molecule has 2 fully saturated rings. The van der Waals surface area contributed by atoms with Crippen LogP contribution in [0.25, 0.3) is 0 Å². The van der Waals surface area contributed by atoms with Crippen LogP contribution in [0.1, 0.15) is 46.0 Å². The molecule has 124 valence electrons. The van der Waals surface area contributed by atoms with Gasteiger partial charge in [-0.2, -0.15) is 0 Å². The molecule has 1 heterocycles. The van der Waals surface area contributed by atoms with Gasteiger partial charge in [-0.3, -0.25) is 0 Å². The van der Waals surface area contributed by atoms with Gasteiger partial charge in [-0.05, 0) is 77.0 Å². The van der Waals surface area contributed by atoms with Crippen molar-refractivity contribution in [1.29, 1.82) is 0 Å². The minimum absolute atomic E-state index is 0.731. The Kier molecular flexibility index (Phi) is 6.97. The second-order valence-corrected chi connectivity index (χ2v) is 7.78. The van der Waals surface area contributed by atoms with Crippen LogP contribution in [0.3, 0.4) is 0 Å². The van der Waals surface area contributed by atoms with Crippen molar-refractivity contribution in [3.05, 3.63) is 0 Å². The van der Waals surface area contributed by atoms with E-state index in [-0.39, 0.29) is 0 Å². The van der Waals surface area contributed by atoms with Crippen LogP contribution in [0.2, 0.25) is 0 Å². The zero-order valence-electron chi connectivity index (χ0n) is 14.8. The molecule has 1 saturated carbocycles. The second kappa shape index (κ2) is 8.50. The van der Waals surface area contributed by atoms with E-state index in [2.05, 4.69) is 43.1 Å². The fourth-order valence-electron chi connectivity index (χ4n) is 4.30. The Morgan fingerprint density at radius 1 is 1.19 bits per heavy atom. The Morgan fingerprint density at radius 3 is 2.52 bits per heavy atom. The number of nitrogens with zero attached hydrogens (tertiary/aromatic N) is 2. The Balaban J connectivity index is 1.76. The van der Waals surface area contributed by atoms with Gasteiger partial charge >= 0.3 is 0 Å². The van der Waals surface area contributed by atoms with E-state index in [0.717, 1.165) is 23.8 Å². The monoisotopic (exact) mass is 295 g/mol. The molecule has 2 aliphatic rings. The van der Waals surface area contributed by atoms with Crippen molar-refractivity contribution in [3.63, 3.8) is 0 Å². The lowest BCUT2D eigenvalue weighted by atomic mass is 9.73. The molecule has 1 aliphatic carbocycles. The molecule has 0 amide bonds. The lowest BCUT2D eigenvalue weighted by Gasteiger charge is -2.39. The Hall–Kier alpha value is -0.120. The summed E-state index contributed by atoms with van der Waals surface area (Å²) in [5.41, 5.74) is 0. The molecule has 3 unspecified atom stereocenters. The lowest BCUT2D eigenvalue weighted by molar-refractivity contribution is 0.131. The average molecular weight is 296 g/mol. The van der Waals surface area contributed by atoms with E-state index in [1.807, 2.05) is 0 Å². The van der Waals surface area contributed by atoms with Crippen LogP contribution in [0.4, 0.5) is 0 Å². The van der Waals surface area contributed by atoms with Crippen LogP contribution in [0.5, 0.6) is 0 Å². The summed E-state index contributed by atoms with van der Waals surface area (Å²) in [4.78, 5) is 5.21. The molecule has 2 rings (SSSR count). The molecule has 21 heavy (non-hydrogen) atoms. The van der Waals surface area contributed by atoms with Crippen molar-refractivity contribution < 1.29 is 0 Å². The van der Waals surface area contributed by atoms with Crippen molar-refractivity contribution in [2.75, 3.05) is 46.8 Å². The van der Waals surface area contributed by atoms with Gasteiger partial charge in [-0.25, -0.2) is 0 Å². The molecule has 1 N–H and O–H groups in total. The molecule has 0 spiro atoms. The first-order valence-corrected chi connectivity index (χ1v) is 9.18. The second-order valence-electron chi connectivity index (χ2n) is 7.78. The summed E-state index contributed by atoms with van der Waals surface area (Å²) in [6.07, 6.45) is 7.01. The first-order chi connectivity index (χ1) is 10.1. The highest BCUT2D eigenvalue weighted by Gasteiger charge is 2.31. The predicted octanol–water partition coefficient (Wildman–Crippen LogP) is 2.67. The van der Waals surface area contributed by atoms with Crippen LogP contribution >= 0.6 is 0 Å². The predicted molar refractivity (Wildman–Crippen MR) is 91.7 cm³/mol. The minimum Gasteiger partial charge on any atom is -0.317 e. The topological polar surface area (TPSA) is 18.5 Å². The van der Waals surface area contributed by atoms with E-state index in [0.29, 0.717) is 0 Å². The van der Waals surface area contributed by atoms with E-state index in [1.165, 1.54) is 64.8 Å². The summed E-state index contributed by atoms with van der Waals surface area (Å²) in [5, 5.41) is 3.58. The van der Waals surface area contributed by atoms with Crippen LogP contribution in [-0.4, -0.2) is 62.7 Å². The van der Waals surface area contributed by atoms with Crippen LogP contribution in [-0.2, 0) is 0 Å². The number of likely N-dealkylation sites (tertiary alicyclic amines) is 1. The molecule has 0 aromatic rings. The fourth-order valence-corrected chi connectivity index (χ4v) is 4.30. The fraction of sp³-hybridized carbons (Fsp3) is 1.00. The number of likely N-dealkylation sites (N-methyl/N-ethyl adjacent to an activating group) is 1. The van der Waals surface area contributed by atoms with Crippen molar-refractivity contribution in [2.24, 2.45) is 17.8 Å². The van der Waals surface area contributed by atoms with Gasteiger partial charge in [0, 0.05) is 25.7 Å². The molecule has 3 atom stereocenters. The van der Waals surface area contributed by atoms with Crippen LogP contribution < -0.4 is 5.32 Å². The third-order valence-electron chi connectivity index (χ3n) is 5.88. The maximum absolute atomic E-state index is 3.58. The number of nitrogens with one attached hydrogen (secondary N) is 1. The highest BCUT2D eigenvalue weighted by molar-refractivity contribution is 4.86. The molecule has 3 nitrogen and oxygen atoms in total. The smallest absolute Gasteiger partial charge is 0.0109 e. The molecular weight excluding hydrogens is 258 g/mol. The van der Waals surface area contributed by atoms with Gasteiger partial charge in [0.15, 0.2) is 0 Å². The maximum Gasteiger partial charge on any atom is 0.0109 e. The molecular formula is C18H37N3. The van der Waals surface area contributed by atoms with Gasteiger partial charge in [0.2, 0.25) is 0 Å². The summed E-state index contributed by atoms with van der Waals surface area (Å²) in [6.45, 7) is 11.2. The lowest BCUT2D eigenvalue weighted by Crippen LogP contribution is -2.45. The van der Waals surface area contributed by atoms with E-state index < -0.39 is 0 Å². The summed E-state index contributed by atoms with van der Waals surface area (Å²) in [5.74, 6) is 2.62. The van der Waals surface area contributed by atoms with E-state index in [4.69, 9.17) is 0 Å². The highest BCUT2D eigenvalue weighted by Crippen LogP contribution is 2.34. The van der Waals surface area contributed by atoms with Gasteiger partial charge in [-0.15, -0.1) is 0 Å². The first kappa shape index (κ1) is 17.2. The summed E-state index contributed by atoms with van der Waals surface area (Å²) < 4.78 is 0. The van der Waals surface area contributed by atoms with Gasteiger partial charge in [0.05, 0.1) is 0 Å². The molecule has 0 radical (unpaired) electrons. The molecule has 1 saturated heterocycles. The number of hydrogen-bond donors (Lipinski definition) is 1. The Labute approximate surface area is 132 Å². The van der Waals surface area contributed by atoms with Gasteiger partial charge < -0.3 is 15.1 Å². The normalized spacial score (nSPS) is 31.4. The largest absolute Gasteiger partial charge is 0.317 e. The van der Waals surface area contributed by atoms with E-state index >= 15 is 0 Å². The van der Waals surface area contributed by atoms with Gasteiger partial charge in [0.1, 0.15) is 0 Å². The Morgan fingerprint density at radius 2 is 1.90 bits per heavy atom. The first-order valence-electron chi connectivity index (χ1n) is 9.18. The summed E-state index contributed by atoms with van der Waals surface area (Å²) >= 11 is 0.